The summed E-state index contributed by atoms with van der Waals surface area (Å²) in [5.74, 6) is 1.01. The number of amides is 1. The number of hydrogen-bond acceptors (Lipinski definition) is 3. The van der Waals surface area contributed by atoms with E-state index in [2.05, 4.69) is 6.92 Å². The number of carbonyl (C=O) groups excluding carboxylic acids is 1. The molecular weight excluding hydrogens is 300 g/mol. The molecule has 0 spiro atoms. The molecule has 1 fully saturated rings. The third kappa shape index (κ3) is 3.13. The Hall–Kier alpha value is -1.52. The number of nitrogens with two attached hydrogens (primary N) is 1. The fourth-order valence-electron chi connectivity index (χ4n) is 3.15. The average Bonchev–Trinajstić information content (AvgIpc) is 2.89. The van der Waals surface area contributed by atoms with Crippen molar-refractivity contribution in [3.05, 3.63) is 35.6 Å². The first-order valence-corrected chi connectivity index (χ1v) is 7.59. The molecule has 0 aliphatic carbocycles. The van der Waals surface area contributed by atoms with Gasteiger partial charge < -0.3 is 15.1 Å². The van der Waals surface area contributed by atoms with E-state index in [9.17, 15) is 4.79 Å². The molecule has 2 atom stereocenters. The maximum Gasteiger partial charge on any atom is 0.289 e. The van der Waals surface area contributed by atoms with Crippen LogP contribution in [0.4, 0.5) is 0 Å². The lowest BCUT2D eigenvalue weighted by molar-refractivity contribution is 0.0544. The molecule has 3 rings (SSSR count). The van der Waals surface area contributed by atoms with Crippen LogP contribution in [0.3, 0.4) is 0 Å². The molecule has 2 aromatic rings. The number of benzene rings is 1. The number of nitrogens with zero attached hydrogens (tertiary/aromatic N) is 1. The quantitative estimate of drug-likeness (QED) is 0.922. The van der Waals surface area contributed by atoms with Crippen molar-refractivity contribution < 1.29 is 9.21 Å². The highest BCUT2D eigenvalue weighted by molar-refractivity contribution is 5.96. The SMILES string of the molecule is Cc1ccc2oc(C(=O)N3CCC(C)CC3CN)cc2c1.Cl. The topological polar surface area (TPSA) is 59.5 Å². The molecule has 2 N–H and O–H groups in total. The Morgan fingerprint density at radius 2 is 2.18 bits per heavy atom. The smallest absolute Gasteiger partial charge is 0.289 e. The lowest BCUT2D eigenvalue weighted by atomic mass is 9.92. The molecule has 5 heteroatoms. The Kier molecular flexibility index (Phi) is 5.14. The summed E-state index contributed by atoms with van der Waals surface area (Å²) >= 11 is 0. The van der Waals surface area contributed by atoms with Crippen molar-refractivity contribution in [2.45, 2.75) is 32.7 Å². The minimum absolute atomic E-state index is 0. The Labute approximate surface area is 137 Å². The van der Waals surface area contributed by atoms with E-state index in [4.69, 9.17) is 10.2 Å². The maximum absolute atomic E-state index is 12.7. The third-order valence-corrected chi connectivity index (χ3v) is 4.39. The van der Waals surface area contributed by atoms with Crippen molar-refractivity contribution in [2.75, 3.05) is 13.1 Å². The van der Waals surface area contributed by atoms with Gasteiger partial charge in [-0.15, -0.1) is 12.4 Å². The summed E-state index contributed by atoms with van der Waals surface area (Å²) in [5.41, 5.74) is 7.77. The molecule has 0 bridgehead atoms. The molecule has 22 heavy (non-hydrogen) atoms. The van der Waals surface area contributed by atoms with Gasteiger partial charge in [0, 0.05) is 24.5 Å². The highest BCUT2D eigenvalue weighted by Crippen LogP contribution is 2.26. The molecular formula is C17H23ClN2O2. The van der Waals surface area contributed by atoms with E-state index < -0.39 is 0 Å². The standard InChI is InChI=1S/C17H22N2O2.ClH/c1-11-3-4-15-13(7-11)9-16(21-15)17(20)19-6-5-12(2)8-14(19)10-18;/h3-4,7,9,12,14H,5-6,8,10,18H2,1-2H3;1H. The number of hydrogen-bond donors (Lipinski definition) is 1. The van der Waals surface area contributed by atoms with Gasteiger partial charge in [0.15, 0.2) is 5.76 Å². The number of aryl methyl sites for hydroxylation is 1. The molecule has 1 aliphatic heterocycles. The van der Waals surface area contributed by atoms with Gasteiger partial charge in [-0.25, -0.2) is 0 Å². The molecule has 0 radical (unpaired) electrons. The van der Waals surface area contributed by atoms with Crippen LogP contribution >= 0.6 is 12.4 Å². The first kappa shape index (κ1) is 16.8. The first-order valence-electron chi connectivity index (χ1n) is 7.59. The summed E-state index contributed by atoms with van der Waals surface area (Å²) in [5, 5.41) is 0.980. The Morgan fingerprint density at radius 3 is 2.91 bits per heavy atom. The van der Waals surface area contributed by atoms with Crippen LogP contribution in [0.1, 0.15) is 35.9 Å². The van der Waals surface area contributed by atoms with Gasteiger partial charge in [0.2, 0.25) is 0 Å². The van der Waals surface area contributed by atoms with Crippen LogP contribution in [0.2, 0.25) is 0 Å². The van der Waals surface area contributed by atoms with Crippen LogP contribution in [0.25, 0.3) is 11.0 Å². The van der Waals surface area contributed by atoms with Gasteiger partial charge in [0.05, 0.1) is 0 Å². The minimum Gasteiger partial charge on any atom is -0.451 e. The monoisotopic (exact) mass is 322 g/mol. The predicted molar refractivity (Wildman–Crippen MR) is 90.5 cm³/mol. The van der Waals surface area contributed by atoms with Crippen LogP contribution < -0.4 is 5.73 Å². The number of halogens is 1. The number of rotatable bonds is 2. The molecule has 4 nitrogen and oxygen atoms in total. The van der Waals surface area contributed by atoms with Crippen LogP contribution in [-0.2, 0) is 0 Å². The lowest BCUT2D eigenvalue weighted by Crippen LogP contribution is -2.49. The van der Waals surface area contributed by atoms with E-state index >= 15 is 0 Å². The summed E-state index contributed by atoms with van der Waals surface area (Å²) in [6.45, 7) is 5.52. The Balaban J connectivity index is 0.00000176. The molecule has 1 aromatic carbocycles. The molecule has 2 unspecified atom stereocenters. The summed E-state index contributed by atoms with van der Waals surface area (Å²) in [4.78, 5) is 14.6. The summed E-state index contributed by atoms with van der Waals surface area (Å²) in [7, 11) is 0. The van der Waals surface area contributed by atoms with Gasteiger partial charge in [0.25, 0.3) is 5.91 Å². The van der Waals surface area contributed by atoms with Crippen LogP contribution in [-0.4, -0.2) is 29.9 Å². The second-order valence-electron chi connectivity index (χ2n) is 6.17. The minimum atomic E-state index is -0.0359. The summed E-state index contributed by atoms with van der Waals surface area (Å²) in [6.07, 6.45) is 2.00. The van der Waals surface area contributed by atoms with Gasteiger partial charge in [-0.2, -0.15) is 0 Å². The van der Waals surface area contributed by atoms with Crippen molar-refractivity contribution in [1.29, 1.82) is 0 Å². The first-order chi connectivity index (χ1) is 10.1. The predicted octanol–water partition coefficient (Wildman–Crippen LogP) is 3.36. The van der Waals surface area contributed by atoms with Gasteiger partial charge in [-0.1, -0.05) is 18.6 Å². The average molecular weight is 323 g/mol. The molecule has 120 valence electrons. The zero-order valence-electron chi connectivity index (χ0n) is 13.0. The van der Waals surface area contributed by atoms with Crippen molar-refractivity contribution in [1.82, 2.24) is 4.90 Å². The largest absolute Gasteiger partial charge is 0.451 e. The van der Waals surface area contributed by atoms with E-state index in [1.54, 1.807) is 0 Å². The zero-order valence-corrected chi connectivity index (χ0v) is 13.9. The molecule has 0 saturated carbocycles. The highest BCUT2D eigenvalue weighted by Gasteiger charge is 2.31. The lowest BCUT2D eigenvalue weighted by Gasteiger charge is -2.37. The van der Waals surface area contributed by atoms with Gasteiger partial charge in [-0.3, -0.25) is 4.79 Å². The normalized spacial score (nSPS) is 21.7. The van der Waals surface area contributed by atoms with Crippen molar-refractivity contribution in [3.8, 4) is 0 Å². The number of piperidine rings is 1. The number of likely N-dealkylation sites (tertiary alicyclic amines) is 1. The van der Waals surface area contributed by atoms with Crippen LogP contribution in [0.5, 0.6) is 0 Å². The zero-order chi connectivity index (χ0) is 15.0. The summed E-state index contributed by atoms with van der Waals surface area (Å²) < 4.78 is 5.73. The van der Waals surface area contributed by atoms with E-state index in [-0.39, 0.29) is 24.4 Å². The van der Waals surface area contributed by atoms with Crippen molar-refractivity contribution in [3.63, 3.8) is 0 Å². The fourth-order valence-corrected chi connectivity index (χ4v) is 3.15. The number of furan rings is 1. The van der Waals surface area contributed by atoms with Gasteiger partial charge >= 0.3 is 0 Å². The van der Waals surface area contributed by atoms with Crippen molar-refractivity contribution >= 4 is 29.3 Å². The second kappa shape index (κ2) is 6.71. The van der Waals surface area contributed by atoms with E-state index in [1.807, 2.05) is 36.1 Å². The van der Waals surface area contributed by atoms with Gasteiger partial charge in [-0.05, 0) is 43.9 Å². The fraction of sp³-hybridized carbons (Fsp3) is 0.471. The number of carbonyl (C=O) groups is 1. The number of fused-ring (bicyclic) bond motifs is 1. The Bertz CT molecular complexity index is 668. The maximum atomic E-state index is 12.7. The Morgan fingerprint density at radius 1 is 1.41 bits per heavy atom. The molecule has 1 aromatic heterocycles. The molecule has 1 amide bonds. The highest BCUT2D eigenvalue weighted by atomic mass is 35.5. The third-order valence-electron chi connectivity index (χ3n) is 4.39. The van der Waals surface area contributed by atoms with E-state index in [0.717, 1.165) is 35.9 Å². The molecule has 1 saturated heterocycles. The van der Waals surface area contributed by atoms with Crippen molar-refractivity contribution in [2.24, 2.45) is 11.7 Å². The molecule has 2 heterocycles. The van der Waals surface area contributed by atoms with Gasteiger partial charge in [0.1, 0.15) is 5.58 Å². The second-order valence-corrected chi connectivity index (χ2v) is 6.17. The molecule has 1 aliphatic rings. The van der Waals surface area contributed by atoms with Crippen LogP contribution in [0.15, 0.2) is 28.7 Å². The van der Waals surface area contributed by atoms with E-state index in [1.165, 1.54) is 0 Å². The van der Waals surface area contributed by atoms with Crippen LogP contribution in [0, 0.1) is 12.8 Å². The summed E-state index contributed by atoms with van der Waals surface area (Å²) in [6, 6.07) is 7.91. The van der Waals surface area contributed by atoms with E-state index in [0.29, 0.717) is 18.2 Å².